The fourth-order valence-electron chi connectivity index (χ4n) is 2.58. The number of furan rings is 1. The number of rotatable bonds is 3. The van der Waals surface area contributed by atoms with Crippen LogP contribution in [0.1, 0.15) is 18.9 Å². The summed E-state index contributed by atoms with van der Waals surface area (Å²) < 4.78 is 11.1. The van der Waals surface area contributed by atoms with Gasteiger partial charge < -0.3 is 14.5 Å². The molecule has 21 heavy (non-hydrogen) atoms. The van der Waals surface area contributed by atoms with Crippen molar-refractivity contribution in [3.8, 4) is 0 Å². The van der Waals surface area contributed by atoms with Crippen molar-refractivity contribution in [3.05, 3.63) is 48.4 Å². The SMILES string of the molecule is CCNC(=O)C1(c2coc3ccccc23)CC(=O)C=CO1. The van der Waals surface area contributed by atoms with Gasteiger partial charge in [0.25, 0.3) is 5.91 Å². The van der Waals surface area contributed by atoms with Crippen molar-refractivity contribution in [2.75, 3.05) is 6.54 Å². The summed E-state index contributed by atoms with van der Waals surface area (Å²) >= 11 is 0. The molecule has 1 aliphatic rings. The first-order valence-corrected chi connectivity index (χ1v) is 6.79. The van der Waals surface area contributed by atoms with Gasteiger partial charge in [-0.15, -0.1) is 0 Å². The summed E-state index contributed by atoms with van der Waals surface area (Å²) in [5.74, 6) is -0.493. The summed E-state index contributed by atoms with van der Waals surface area (Å²) in [6.07, 6.45) is 4.06. The van der Waals surface area contributed by atoms with Crippen LogP contribution in [0, 0.1) is 0 Å². The second-order valence-electron chi connectivity index (χ2n) is 4.90. The summed E-state index contributed by atoms with van der Waals surface area (Å²) in [7, 11) is 0. The monoisotopic (exact) mass is 285 g/mol. The van der Waals surface area contributed by atoms with E-state index < -0.39 is 5.60 Å². The smallest absolute Gasteiger partial charge is 0.269 e. The number of likely N-dealkylation sites (N-methyl/N-ethyl adjacent to an activating group) is 1. The van der Waals surface area contributed by atoms with Crippen LogP contribution < -0.4 is 5.32 Å². The zero-order valence-electron chi connectivity index (χ0n) is 11.6. The van der Waals surface area contributed by atoms with Crippen molar-refractivity contribution in [1.29, 1.82) is 0 Å². The van der Waals surface area contributed by atoms with Crippen LogP contribution >= 0.6 is 0 Å². The van der Waals surface area contributed by atoms with Crippen molar-refractivity contribution < 1.29 is 18.7 Å². The largest absolute Gasteiger partial charge is 0.479 e. The second kappa shape index (κ2) is 5.09. The number of allylic oxidation sites excluding steroid dienone is 1. The third-order valence-electron chi connectivity index (χ3n) is 3.57. The number of carbonyl (C=O) groups excluding carboxylic acids is 2. The van der Waals surface area contributed by atoms with Gasteiger partial charge in [0, 0.05) is 18.0 Å². The first-order chi connectivity index (χ1) is 10.2. The van der Waals surface area contributed by atoms with Gasteiger partial charge in [-0.25, -0.2) is 0 Å². The van der Waals surface area contributed by atoms with E-state index in [0.717, 1.165) is 5.39 Å². The Labute approximate surface area is 121 Å². The minimum atomic E-state index is -1.37. The first-order valence-electron chi connectivity index (χ1n) is 6.79. The number of carbonyl (C=O) groups is 2. The highest BCUT2D eigenvalue weighted by molar-refractivity contribution is 6.01. The molecule has 108 valence electrons. The van der Waals surface area contributed by atoms with Crippen molar-refractivity contribution in [1.82, 2.24) is 5.32 Å². The summed E-state index contributed by atoms with van der Waals surface area (Å²) in [5, 5.41) is 3.51. The molecule has 1 aliphatic heterocycles. The minimum Gasteiger partial charge on any atom is -0.479 e. The van der Waals surface area contributed by atoms with Gasteiger partial charge in [-0.1, -0.05) is 18.2 Å². The Morgan fingerprint density at radius 3 is 2.95 bits per heavy atom. The van der Waals surface area contributed by atoms with Crippen LogP contribution in [0.5, 0.6) is 0 Å². The number of hydrogen-bond acceptors (Lipinski definition) is 4. The van der Waals surface area contributed by atoms with Crippen molar-refractivity contribution in [3.63, 3.8) is 0 Å². The van der Waals surface area contributed by atoms with E-state index in [0.29, 0.717) is 17.7 Å². The van der Waals surface area contributed by atoms with Crippen LogP contribution in [-0.2, 0) is 19.9 Å². The molecule has 0 aliphatic carbocycles. The standard InChI is InChI=1S/C16H15NO4/c1-2-17-15(19)16(9-11(18)7-8-21-16)13-10-20-14-6-4-3-5-12(13)14/h3-8,10H,2,9H2,1H3,(H,17,19). The number of ether oxygens (including phenoxy) is 1. The van der Waals surface area contributed by atoms with E-state index in [1.165, 1.54) is 18.6 Å². The van der Waals surface area contributed by atoms with Crippen molar-refractivity contribution in [2.24, 2.45) is 0 Å². The zero-order valence-corrected chi connectivity index (χ0v) is 11.6. The lowest BCUT2D eigenvalue weighted by molar-refractivity contribution is -0.147. The molecule has 0 radical (unpaired) electrons. The lowest BCUT2D eigenvalue weighted by Crippen LogP contribution is -2.48. The number of nitrogens with one attached hydrogen (secondary N) is 1. The lowest BCUT2D eigenvalue weighted by atomic mass is 9.86. The van der Waals surface area contributed by atoms with E-state index >= 15 is 0 Å². The highest BCUT2D eigenvalue weighted by atomic mass is 16.5. The van der Waals surface area contributed by atoms with Crippen LogP contribution in [-0.4, -0.2) is 18.2 Å². The number of amides is 1. The first kappa shape index (κ1) is 13.4. The molecule has 1 aromatic carbocycles. The van der Waals surface area contributed by atoms with E-state index in [4.69, 9.17) is 9.15 Å². The van der Waals surface area contributed by atoms with Crippen LogP contribution in [0.3, 0.4) is 0 Å². The molecule has 0 saturated heterocycles. The van der Waals surface area contributed by atoms with Crippen LogP contribution in [0.25, 0.3) is 11.0 Å². The second-order valence-corrected chi connectivity index (χ2v) is 4.90. The van der Waals surface area contributed by atoms with Crippen molar-refractivity contribution in [2.45, 2.75) is 18.9 Å². The molecule has 1 unspecified atom stereocenters. The maximum Gasteiger partial charge on any atom is 0.269 e. The summed E-state index contributed by atoms with van der Waals surface area (Å²) in [6.45, 7) is 2.27. The molecule has 1 amide bonds. The zero-order chi connectivity index (χ0) is 14.9. The van der Waals surface area contributed by atoms with Crippen LogP contribution in [0.2, 0.25) is 0 Å². The molecular weight excluding hydrogens is 270 g/mol. The quantitative estimate of drug-likeness (QED) is 0.939. The molecule has 5 heteroatoms. The van der Waals surface area contributed by atoms with Crippen LogP contribution in [0.4, 0.5) is 0 Å². The van der Waals surface area contributed by atoms with Gasteiger partial charge in [-0.05, 0) is 13.0 Å². The Morgan fingerprint density at radius 2 is 2.19 bits per heavy atom. The van der Waals surface area contributed by atoms with E-state index in [-0.39, 0.29) is 18.1 Å². The Bertz CT molecular complexity index is 731. The normalized spacial score (nSPS) is 21.3. The Hall–Kier alpha value is -2.56. The summed E-state index contributed by atoms with van der Waals surface area (Å²) in [6, 6.07) is 7.36. The topological polar surface area (TPSA) is 68.5 Å². The predicted molar refractivity (Wildman–Crippen MR) is 76.4 cm³/mol. The van der Waals surface area contributed by atoms with Gasteiger partial charge in [0.2, 0.25) is 5.60 Å². The summed E-state index contributed by atoms with van der Waals surface area (Å²) in [4.78, 5) is 24.4. The highest BCUT2D eigenvalue weighted by Crippen LogP contribution is 2.38. The van der Waals surface area contributed by atoms with Gasteiger partial charge in [0.1, 0.15) is 5.58 Å². The van der Waals surface area contributed by atoms with E-state index in [9.17, 15) is 9.59 Å². The maximum atomic E-state index is 12.5. The predicted octanol–water partition coefficient (Wildman–Crippen LogP) is 2.27. The maximum absolute atomic E-state index is 12.5. The van der Waals surface area contributed by atoms with E-state index in [2.05, 4.69) is 5.32 Å². The van der Waals surface area contributed by atoms with Gasteiger partial charge in [0.15, 0.2) is 5.78 Å². The number of fused-ring (bicyclic) bond motifs is 1. The molecule has 1 aromatic heterocycles. The van der Waals surface area contributed by atoms with Crippen LogP contribution in [0.15, 0.2) is 47.3 Å². The van der Waals surface area contributed by atoms with Gasteiger partial charge in [-0.3, -0.25) is 9.59 Å². The van der Waals surface area contributed by atoms with E-state index in [1.807, 2.05) is 31.2 Å². The Morgan fingerprint density at radius 1 is 1.38 bits per heavy atom. The number of hydrogen-bond donors (Lipinski definition) is 1. The molecule has 1 atom stereocenters. The molecule has 0 bridgehead atoms. The number of benzene rings is 1. The van der Waals surface area contributed by atoms with Gasteiger partial charge in [-0.2, -0.15) is 0 Å². The molecule has 0 spiro atoms. The molecule has 1 N–H and O–H groups in total. The Balaban J connectivity index is 2.17. The summed E-state index contributed by atoms with van der Waals surface area (Å²) in [5.41, 5.74) is -0.141. The molecule has 0 fully saturated rings. The van der Waals surface area contributed by atoms with Gasteiger partial charge in [0.05, 0.1) is 24.5 Å². The van der Waals surface area contributed by atoms with Crippen molar-refractivity contribution >= 4 is 22.7 Å². The highest BCUT2D eigenvalue weighted by Gasteiger charge is 2.47. The van der Waals surface area contributed by atoms with E-state index in [1.54, 1.807) is 0 Å². The molecule has 2 aromatic rings. The fraction of sp³-hybridized carbons (Fsp3) is 0.250. The average molecular weight is 285 g/mol. The molecular formula is C16H15NO4. The number of para-hydroxylation sites is 1. The minimum absolute atomic E-state index is 0.0428. The number of ketones is 1. The molecule has 3 rings (SSSR count). The molecule has 5 nitrogen and oxygen atoms in total. The Kier molecular flexibility index (Phi) is 3.25. The third-order valence-corrected chi connectivity index (χ3v) is 3.57. The fourth-order valence-corrected chi connectivity index (χ4v) is 2.58. The molecule has 0 saturated carbocycles. The average Bonchev–Trinajstić information content (AvgIpc) is 2.91. The van der Waals surface area contributed by atoms with Gasteiger partial charge >= 0.3 is 0 Å². The third kappa shape index (κ3) is 2.11. The molecule has 2 heterocycles. The lowest BCUT2D eigenvalue weighted by Gasteiger charge is -2.32.